The number of hydrogen-bond acceptors (Lipinski definition) is 6. The Kier molecular flexibility index (Phi) is 7.53. The quantitative estimate of drug-likeness (QED) is 0.417. The third kappa shape index (κ3) is 5.83. The maximum Gasteiger partial charge on any atom is 0.251 e. The van der Waals surface area contributed by atoms with Crippen LogP contribution in [0.5, 0.6) is 0 Å². The van der Waals surface area contributed by atoms with Gasteiger partial charge in [-0.15, -0.1) is 0 Å². The van der Waals surface area contributed by atoms with E-state index in [0.717, 1.165) is 30.9 Å². The van der Waals surface area contributed by atoms with E-state index in [1.807, 2.05) is 38.1 Å². The number of morpholine rings is 1. The second-order valence-electron chi connectivity index (χ2n) is 6.70. The van der Waals surface area contributed by atoms with Gasteiger partial charge in [0.2, 0.25) is 0 Å². The minimum absolute atomic E-state index is 0.0399. The Morgan fingerprint density at radius 2 is 2.00 bits per heavy atom. The zero-order valence-electron chi connectivity index (χ0n) is 16.2. The van der Waals surface area contributed by atoms with Gasteiger partial charge in [-0.3, -0.25) is 4.79 Å². The number of nitrogens with zero attached hydrogens (tertiary/aromatic N) is 3. The number of rotatable bonds is 7. The first-order valence-electron chi connectivity index (χ1n) is 9.45. The molecule has 0 radical (unpaired) electrons. The van der Waals surface area contributed by atoms with Crippen molar-refractivity contribution in [1.29, 1.82) is 0 Å². The lowest BCUT2D eigenvalue weighted by Gasteiger charge is -2.27. The van der Waals surface area contributed by atoms with Crippen molar-refractivity contribution in [1.82, 2.24) is 15.3 Å². The van der Waals surface area contributed by atoms with Crippen molar-refractivity contribution < 1.29 is 9.53 Å². The zero-order valence-corrected chi connectivity index (χ0v) is 17.7. The van der Waals surface area contributed by atoms with Gasteiger partial charge < -0.3 is 15.0 Å². The monoisotopic (exact) mass is 420 g/mol. The molecule has 1 aliphatic heterocycles. The molecule has 0 saturated carbocycles. The number of aromatic nitrogens is 2. The summed E-state index contributed by atoms with van der Waals surface area (Å²) in [6, 6.07) is 9.60. The first-order valence-corrected chi connectivity index (χ1v) is 10.8. The van der Waals surface area contributed by atoms with Crippen LogP contribution >= 0.6 is 23.4 Å². The van der Waals surface area contributed by atoms with Crippen LogP contribution in [0.3, 0.4) is 0 Å². The van der Waals surface area contributed by atoms with Crippen LogP contribution in [0.2, 0.25) is 5.15 Å². The highest BCUT2D eigenvalue weighted by Gasteiger charge is 2.15. The van der Waals surface area contributed by atoms with E-state index in [4.69, 9.17) is 16.3 Å². The summed E-state index contributed by atoms with van der Waals surface area (Å²) >= 11 is 7.72. The second kappa shape index (κ2) is 10.1. The van der Waals surface area contributed by atoms with Crippen LogP contribution in [-0.4, -0.2) is 48.2 Å². The highest BCUT2D eigenvalue weighted by atomic mass is 35.5. The standard InChI is InChI=1S/C20H25ClN4O2S/c1-3-14(2)22-19(26)16-6-4-15(5-7-16)13-28-20-23-17(21)12-18(24-20)25-8-10-27-11-9-25/h4-7,12,14H,3,8-11,13H2,1-2H3,(H,22,26). The summed E-state index contributed by atoms with van der Waals surface area (Å²) in [5, 5.41) is 4.06. The molecule has 28 heavy (non-hydrogen) atoms. The number of halogens is 1. The van der Waals surface area contributed by atoms with Crippen LogP contribution in [0, 0.1) is 0 Å². The van der Waals surface area contributed by atoms with Crippen LogP contribution < -0.4 is 10.2 Å². The van der Waals surface area contributed by atoms with Gasteiger partial charge in [0.1, 0.15) is 11.0 Å². The van der Waals surface area contributed by atoms with Gasteiger partial charge in [0.15, 0.2) is 5.16 Å². The van der Waals surface area contributed by atoms with Crippen LogP contribution in [0.1, 0.15) is 36.2 Å². The zero-order chi connectivity index (χ0) is 19.9. The fourth-order valence-electron chi connectivity index (χ4n) is 2.71. The molecule has 3 rings (SSSR count). The summed E-state index contributed by atoms with van der Waals surface area (Å²) in [5.41, 5.74) is 1.77. The van der Waals surface area contributed by atoms with E-state index >= 15 is 0 Å². The first kappa shape index (κ1) is 20.9. The van der Waals surface area contributed by atoms with Crippen molar-refractivity contribution in [3.63, 3.8) is 0 Å². The Morgan fingerprint density at radius 3 is 2.68 bits per heavy atom. The molecule has 1 unspecified atom stereocenters. The number of anilines is 1. The molecule has 150 valence electrons. The molecule has 0 bridgehead atoms. The van der Waals surface area contributed by atoms with Crippen molar-refractivity contribution >= 4 is 35.1 Å². The number of ether oxygens (including phenoxy) is 1. The first-order chi connectivity index (χ1) is 13.5. The molecule has 1 aromatic heterocycles. The van der Waals surface area contributed by atoms with E-state index in [1.165, 1.54) is 11.8 Å². The van der Waals surface area contributed by atoms with Crippen LogP contribution in [0.15, 0.2) is 35.5 Å². The van der Waals surface area contributed by atoms with E-state index in [-0.39, 0.29) is 11.9 Å². The lowest BCUT2D eigenvalue weighted by Crippen LogP contribution is -2.36. The van der Waals surface area contributed by atoms with Crippen LogP contribution in [0.25, 0.3) is 0 Å². The van der Waals surface area contributed by atoms with Crippen molar-refractivity contribution in [3.8, 4) is 0 Å². The average molecular weight is 421 g/mol. The Morgan fingerprint density at radius 1 is 1.29 bits per heavy atom. The molecule has 6 nitrogen and oxygen atoms in total. The second-order valence-corrected chi connectivity index (χ2v) is 8.03. The van der Waals surface area contributed by atoms with Crippen molar-refractivity contribution in [2.24, 2.45) is 0 Å². The molecule has 8 heteroatoms. The van der Waals surface area contributed by atoms with E-state index in [1.54, 1.807) is 6.07 Å². The van der Waals surface area contributed by atoms with E-state index in [9.17, 15) is 4.79 Å². The van der Waals surface area contributed by atoms with Crippen LogP contribution in [0.4, 0.5) is 5.82 Å². The molecule has 1 saturated heterocycles. The number of amides is 1. The lowest BCUT2D eigenvalue weighted by atomic mass is 10.1. The molecule has 1 aliphatic rings. The van der Waals surface area contributed by atoms with E-state index in [0.29, 0.717) is 34.8 Å². The molecular formula is C20H25ClN4O2S. The molecule has 2 aromatic rings. The SMILES string of the molecule is CCC(C)NC(=O)c1ccc(CSc2nc(Cl)cc(N3CCOCC3)n2)cc1. The third-order valence-corrected chi connectivity index (χ3v) is 5.68. The molecule has 1 aromatic carbocycles. The average Bonchev–Trinajstić information content (AvgIpc) is 2.72. The molecule has 1 amide bonds. The predicted octanol–water partition coefficient (Wildman–Crippen LogP) is 3.79. The van der Waals surface area contributed by atoms with Gasteiger partial charge in [0.05, 0.1) is 13.2 Å². The minimum Gasteiger partial charge on any atom is -0.378 e. The van der Waals surface area contributed by atoms with E-state index in [2.05, 4.69) is 20.2 Å². The summed E-state index contributed by atoms with van der Waals surface area (Å²) in [6.07, 6.45) is 0.909. The largest absolute Gasteiger partial charge is 0.378 e. The van der Waals surface area contributed by atoms with Crippen molar-refractivity contribution in [2.75, 3.05) is 31.2 Å². The summed E-state index contributed by atoms with van der Waals surface area (Å²) in [4.78, 5) is 23.3. The molecule has 2 heterocycles. The third-order valence-electron chi connectivity index (χ3n) is 4.57. The summed E-state index contributed by atoms with van der Waals surface area (Å²) < 4.78 is 5.39. The molecule has 0 spiro atoms. The Labute approximate surface area is 175 Å². The van der Waals surface area contributed by atoms with Gasteiger partial charge in [0, 0.05) is 36.5 Å². The predicted molar refractivity (Wildman–Crippen MR) is 113 cm³/mol. The summed E-state index contributed by atoms with van der Waals surface area (Å²) in [6.45, 7) is 7.05. The van der Waals surface area contributed by atoms with Crippen LogP contribution in [-0.2, 0) is 10.5 Å². The van der Waals surface area contributed by atoms with Gasteiger partial charge in [0.25, 0.3) is 5.91 Å². The maximum absolute atomic E-state index is 12.2. The fraction of sp³-hybridized carbons (Fsp3) is 0.450. The van der Waals surface area contributed by atoms with Gasteiger partial charge in [-0.25, -0.2) is 9.97 Å². The lowest BCUT2D eigenvalue weighted by molar-refractivity contribution is 0.0939. The number of benzene rings is 1. The fourth-order valence-corrected chi connectivity index (χ4v) is 3.75. The van der Waals surface area contributed by atoms with E-state index < -0.39 is 0 Å². The molecule has 0 aliphatic carbocycles. The highest BCUT2D eigenvalue weighted by molar-refractivity contribution is 7.98. The highest BCUT2D eigenvalue weighted by Crippen LogP contribution is 2.25. The Hall–Kier alpha value is -1.83. The number of thioether (sulfide) groups is 1. The summed E-state index contributed by atoms with van der Waals surface area (Å²) in [7, 11) is 0. The Bertz CT molecular complexity index is 797. The normalized spacial score (nSPS) is 15.3. The molecule has 1 N–H and O–H groups in total. The molecule has 1 fully saturated rings. The number of carbonyl (C=O) groups is 1. The van der Waals surface area contributed by atoms with Gasteiger partial charge >= 0.3 is 0 Å². The molecule has 1 atom stereocenters. The van der Waals surface area contributed by atoms with Crippen molar-refractivity contribution in [3.05, 3.63) is 46.6 Å². The molecular weight excluding hydrogens is 396 g/mol. The van der Waals surface area contributed by atoms with Gasteiger partial charge in [-0.1, -0.05) is 42.4 Å². The Balaban J connectivity index is 1.60. The smallest absolute Gasteiger partial charge is 0.251 e. The topological polar surface area (TPSA) is 67.4 Å². The van der Waals surface area contributed by atoms with Gasteiger partial charge in [-0.2, -0.15) is 0 Å². The number of nitrogens with one attached hydrogen (secondary N) is 1. The van der Waals surface area contributed by atoms with Gasteiger partial charge in [-0.05, 0) is 31.0 Å². The number of carbonyl (C=O) groups excluding carboxylic acids is 1. The minimum atomic E-state index is -0.0399. The number of hydrogen-bond donors (Lipinski definition) is 1. The summed E-state index contributed by atoms with van der Waals surface area (Å²) in [5.74, 6) is 1.50. The maximum atomic E-state index is 12.2. The van der Waals surface area contributed by atoms with Crippen molar-refractivity contribution in [2.45, 2.75) is 37.2 Å².